The summed E-state index contributed by atoms with van der Waals surface area (Å²) in [5, 5.41) is 6.76. The molecule has 5 rings (SSSR count). The first-order chi connectivity index (χ1) is 16.0. The van der Waals surface area contributed by atoms with Crippen LogP contribution in [0.5, 0.6) is 0 Å². The van der Waals surface area contributed by atoms with Gasteiger partial charge in [0.2, 0.25) is 0 Å². The number of hydrogen-bond acceptors (Lipinski definition) is 6. The summed E-state index contributed by atoms with van der Waals surface area (Å²) >= 11 is 1.43. The van der Waals surface area contributed by atoms with E-state index in [1.165, 1.54) is 17.4 Å². The van der Waals surface area contributed by atoms with Gasteiger partial charge in [-0.25, -0.2) is 0 Å². The Kier molecular flexibility index (Phi) is 6.03. The van der Waals surface area contributed by atoms with Gasteiger partial charge in [-0.05, 0) is 61.8 Å². The summed E-state index contributed by atoms with van der Waals surface area (Å²) in [6.07, 6.45) is 5.50. The maximum Gasteiger partial charge on any atom is 0.292 e. The summed E-state index contributed by atoms with van der Waals surface area (Å²) in [6, 6.07) is 6.61. The Balaban J connectivity index is 1.40. The van der Waals surface area contributed by atoms with Crippen LogP contribution < -0.4 is 16.1 Å². The monoisotopic (exact) mass is 466 g/mol. The number of carbonyl (C=O) groups excluding carboxylic acids is 2. The highest BCUT2D eigenvalue weighted by Gasteiger charge is 2.29. The SMILES string of the molecule is CCc1ccc2oc(C(=O)Nc3sc4c(c3C(=O)NC[C@@H]3CCCO3)CCC4)cc(=O)c2c1. The van der Waals surface area contributed by atoms with Crippen LogP contribution in [0.2, 0.25) is 0 Å². The molecule has 3 heterocycles. The van der Waals surface area contributed by atoms with E-state index in [9.17, 15) is 14.4 Å². The number of amides is 2. The van der Waals surface area contributed by atoms with Crippen molar-refractivity contribution in [2.75, 3.05) is 18.5 Å². The fourth-order valence-corrected chi connectivity index (χ4v) is 5.81. The summed E-state index contributed by atoms with van der Waals surface area (Å²) in [7, 11) is 0. The van der Waals surface area contributed by atoms with Crippen molar-refractivity contribution in [3.05, 3.63) is 61.8 Å². The minimum Gasteiger partial charge on any atom is -0.451 e. The van der Waals surface area contributed by atoms with Gasteiger partial charge in [-0.2, -0.15) is 0 Å². The van der Waals surface area contributed by atoms with Crippen molar-refractivity contribution in [3.63, 3.8) is 0 Å². The molecule has 172 valence electrons. The number of benzene rings is 1. The number of nitrogens with one attached hydrogen (secondary N) is 2. The van der Waals surface area contributed by atoms with Gasteiger partial charge >= 0.3 is 0 Å². The highest BCUT2D eigenvalue weighted by atomic mass is 32.1. The number of aryl methyl sites for hydroxylation is 2. The van der Waals surface area contributed by atoms with Crippen molar-refractivity contribution in [1.82, 2.24) is 5.32 Å². The van der Waals surface area contributed by atoms with Crippen molar-refractivity contribution in [2.24, 2.45) is 0 Å². The largest absolute Gasteiger partial charge is 0.451 e. The minimum absolute atomic E-state index is 0.0405. The molecule has 33 heavy (non-hydrogen) atoms. The first-order valence-electron chi connectivity index (χ1n) is 11.5. The molecule has 0 spiro atoms. The van der Waals surface area contributed by atoms with E-state index < -0.39 is 5.91 Å². The van der Waals surface area contributed by atoms with Gasteiger partial charge in [0, 0.05) is 24.1 Å². The molecule has 3 aromatic rings. The Labute approximate surface area is 195 Å². The number of fused-ring (bicyclic) bond motifs is 2. The molecule has 0 saturated carbocycles. The van der Waals surface area contributed by atoms with E-state index in [0.717, 1.165) is 61.1 Å². The van der Waals surface area contributed by atoms with Gasteiger partial charge in [0.15, 0.2) is 11.2 Å². The highest BCUT2D eigenvalue weighted by Crippen LogP contribution is 2.39. The van der Waals surface area contributed by atoms with Crippen LogP contribution >= 0.6 is 11.3 Å². The first-order valence-corrected chi connectivity index (χ1v) is 12.3. The Morgan fingerprint density at radius 1 is 1.15 bits per heavy atom. The number of hydrogen-bond donors (Lipinski definition) is 2. The predicted molar refractivity (Wildman–Crippen MR) is 127 cm³/mol. The molecule has 1 aromatic carbocycles. The Bertz CT molecular complexity index is 1290. The average Bonchev–Trinajstić information content (AvgIpc) is 3.55. The summed E-state index contributed by atoms with van der Waals surface area (Å²) in [4.78, 5) is 39.8. The molecule has 2 aromatic heterocycles. The number of anilines is 1. The van der Waals surface area contributed by atoms with E-state index in [2.05, 4.69) is 10.6 Å². The molecule has 1 saturated heterocycles. The van der Waals surface area contributed by atoms with Crippen LogP contribution in [0.25, 0.3) is 11.0 Å². The van der Waals surface area contributed by atoms with Crippen LogP contribution in [0, 0.1) is 0 Å². The number of thiophene rings is 1. The minimum atomic E-state index is -0.540. The summed E-state index contributed by atoms with van der Waals surface area (Å²) in [5.41, 5.74) is 2.66. The average molecular weight is 467 g/mol. The molecule has 0 bridgehead atoms. The van der Waals surface area contributed by atoms with Gasteiger partial charge in [-0.15, -0.1) is 11.3 Å². The zero-order chi connectivity index (χ0) is 22.9. The standard InChI is InChI=1S/C25H26N2O5S/c1-2-14-8-9-19-17(11-14)18(28)12-20(32-19)23(29)27-25-22(16-6-3-7-21(16)33-25)24(30)26-13-15-5-4-10-31-15/h8-9,11-12,15H,2-7,10,13H2,1H3,(H,26,30)(H,27,29)/t15-/m0/s1. The zero-order valence-electron chi connectivity index (χ0n) is 18.5. The molecule has 1 atom stereocenters. The molecule has 7 nitrogen and oxygen atoms in total. The second kappa shape index (κ2) is 9.11. The van der Waals surface area contributed by atoms with Crippen molar-refractivity contribution < 1.29 is 18.7 Å². The van der Waals surface area contributed by atoms with Crippen molar-refractivity contribution in [1.29, 1.82) is 0 Å². The first kappa shape index (κ1) is 21.9. The number of carbonyl (C=O) groups is 2. The van der Waals surface area contributed by atoms with Gasteiger partial charge in [0.05, 0.1) is 17.1 Å². The molecule has 8 heteroatoms. The van der Waals surface area contributed by atoms with Crippen molar-refractivity contribution in [3.8, 4) is 0 Å². The normalized spacial score (nSPS) is 17.3. The van der Waals surface area contributed by atoms with Crippen LogP contribution in [0.3, 0.4) is 0 Å². The second-order valence-electron chi connectivity index (χ2n) is 8.52. The van der Waals surface area contributed by atoms with E-state index in [-0.39, 0.29) is 23.2 Å². The van der Waals surface area contributed by atoms with Crippen LogP contribution in [-0.4, -0.2) is 31.1 Å². The van der Waals surface area contributed by atoms with Crippen LogP contribution in [0.1, 0.15) is 63.1 Å². The number of rotatable bonds is 6. The fourth-order valence-electron chi connectivity index (χ4n) is 4.53. The third kappa shape index (κ3) is 4.32. The summed E-state index contributed by atoms with van der Waals surface area (Å²) in [5.74, 6) is -0.815. The Hall–Kier alpha value is -2.97. The third-order valence-electron chi connectivity index (χ3n) is 6.31. The highest BCUT2D eigenvalue weighted by molar-refractivity contribution is 7.17. The van der Waals surface area contributed by atoms with E-state index >= 15 is 0 Å². The smallest absolute Gasteiger partial charge is 0.292 e. The predicted octanol–water partition coefficient (Wildman–Crippen LogP) is 4.07. The lowest BCUT2D eigenvalue weighted by molar-refractivity contribution is 0.0858. The molecule has 1 fully saturated rings. The molecule has 0 unspecified atom stereocenters. The van der Waals surface area contributed by atoms with Gasteiger partial charge in [-0.3, -0.25) is 14.4 Å². The van der Waals surface area contributed by atoms with Gasteiger partial charge in [0.25, 0.3) is 11.8 Å². The molecular weight excluding hydrogens is 440 g/mol. The molecular formula is C25H26N2O5S. The molecule has 2 N–H and O–H groups in total. The lowest BCUT2D eigenvalue weighted by Gasteiger charge is -2.12. The summed E-state index contributed by atoms with van der Waals surface area (Å²) < 4.78 is 11.3. The topological polar surface area (TPSA) is 97.6 Å². The lowest BCUT2D eigenvalue weighted by Crippen LogP contribution is -2.32. The zero-order valence-corrected chi connectivity index (χ0v) is 19.3. The number of ether oxygens (including phenoxy) is 1. The quantitative estimate of drug-likeness (QED) is 0.571. The molecule has 2 aliphatic rings. The maximum atomic E-state index is 13.1. The molecule has 0 radical (unpaired) electrons. The Morgan fingerprint density at radius 2 is 2.03 bits per heavy atom. The lowest BCUT2D eigenvalue weighted by atomic mass is 10.1. The third-order valence-corrected chi connectivity index (χ3v) is 7.52. The van der Waals surface area contributed by atoms with E-state index in [1.54, 1.807) is 12.1 Å². The van der Waals surface area contributed by atoms with Gasteiger partial charge < -0.3 is 19.8 Å². The fraction of sp³-hybridized carbons (Fsp3) is 0.400. The second-order valence-corrected chi connectivity index (χ2v) is 9.62. The van der Waals surface area contributed by atoms with Crippen LogP contribution in [0.4, 0.5) is 5.00 Å². The molecule has 1 aliphatic heterocycles. The van der Waals surface area contributed by atoms with E-state index in [1.807, 2.05) is 13.0 Å². The van der Waals surface area contributed by atoms with Crippen LogP contribution in [0.15, 0.2) is 33.5 Å². The van der Waals surface area contributed by atoms with E-state index in [0.29, 0.717) is 28.1 Å². The maximum absolute atomic E-state index is 13.1. The summed E-state index contributed by atoms with van der Waals surface area (Å²) in [6.45, 7) is 3.19. The molecule has 2 amide bonds. The van der Waals surface area contributed by atoms with Gasteiger partial charge in [-0.1, -0.05) is 13.0 Å². The molecule has 1 aliphatic carbocycles. The van der Waals surface area contributed by atoms with Gasteiger partial charge in [0.1, 0.15) is 10.6 Å². The van der Waals surface area contributed by atoms with Crippen molar-refractivity contribution >= 4 is 39.1 Å². The van der Waals surface area contributed by atoms with Crippen LogP contribution in [-0.2, 0) is 24.0 Å². The van der Waals surface area contributed by atoms with E-state index in [4.69, 9.17) is 9.15 Å². The van der Waals surface area contributed by atoms with Crippen molar-refractivity contribution in [2.45, 2.75) is 51.6 Å². The Morgan fingerprint density at radius 3 is 2.82 bits per heavy atom.